The topological polar surface area (TPSA) is 51.8 Å². The van der Waals surface area contributed by atoms with Gasteiger partial charge in [0.15, 0.2) is 16.6 Å². The van der Waals surface area contributed by atoms with Gasteiger partial charge in [-0.15, -0.1) is 0 Å². The van der Waals surface area contributed by atoms with Crippen LogP contribution in [0.3, 0.4) is 0 Å². The van der Waals surface area contributed by atoms with E-state index in [0.717, 1.165) is 17.0 Å². The smallest absolute Gasteiger partial charge is 0.171 e. The second kappa shape index (κ2) is 9.13. The van der Waals surface area contributed by atoms with Crippen molar-refractivity contribution >= 4 is 23.0 Å². The zero-order valence-corrected chi connectivity index (χ0v) is 15.8. The zero-order valence-electron chi connectivity index (χ0n) is 15.0. The number of thiocarbonyl (C=S) groups is 1. The fourth-order valence-electron chi connectivity index (χ4n) is 2.37. The second-order valence-electron chi connectivity index (χ2n) is 5.39. The fraction of sp³-hybridized carbons (Fsp3) is 0.316. The molecule has 0 fully saturated rings. The van der Waals surface area contributed by atoms with E-state index in [9.17, 15) is 0 Å². The molecule has 2 rings (SSSR count). The molecule has 2 N–H and O–H groups in total. The average molecular weight is 360 g/mol. The predicted octanol–water partition coefficient (Wildman–Crippen LogP) is 4.15. The number of hydrogen-bond acceptors (Lipinski definition) is 4. The summed E-state index contributed by atoms with van der Waals surface area (Å²) in [5.74, 6) is 2.23. The van der Waals surface area contributed by atoms with Crippen molar-refractivity contribution in [3.8, 4) is 17.2 Å². The van der Waals surface area contributed by atoms with E-state index in [1.807, 2.05) is 56.3 Å². The van der Waals surface area contributed by atoms with Crippen LogP contribution in [0.4, 0.5) is 5.69 Å². The summed E-state index contributed by atoms with van der Waals surface area (Å²) >= 11 is 5.40. The van der Waals surface area contributed by atoms with Crippen LogP contribution in [0.5, 0.6) is 17.2 Å². The van der Waals surface area contributed by atoms with Crippen molar-refractivity contribution < 1.29 is 14.2 Å². The van der Waals surface area contributed by atoms with Crippen molar-refractivity contribution in [1.29, 1.82) is 0 Å². The zero-order chi connectivity index (χ0) is 18.2. The minimum absolute atomic E-state index is 0.0162. The molecule has 0 aliphatic heterocycles. The van der Waals surface area contributed by atoms with Gasteiger partial charge < -0.3 is 24.8 Å². The Morgan fingerprint density at radius 1 is 1.04 bits per heavy atom. The van der Waals surface area contributed by atoms with Gasteiger partial charge in [-0.1, -0.05) is 6.07 Å². The number of methoxy groups -OCH3 is 2. The molecule has 0 bridgehead atoms. The number of hydrogen-bond donors (Lipinski definition) is 2. The summed E-state index contributed by atoms with van der Waals surface area (Å²) < 4.78 is 16.0. The van der Waals surface area contributed by atoms with E-state index in [0.29, 0.717) is 23.2 Å². The minimum atomic E-state index is 0.0162. The number of anilines is 1. The van der Waals surface area contributed by atoms with E-state index < -0.39 is 0 Å². The summed E-state index contributed by atoms with van der Waals surface area (Å²) in [5, 5.41) is 6.99. The minimum Gasteiger partial charge on any atom is -0.494 e. The molecule has 2 aromatic rings. The van der Waals surface area contributed by atoms with E-state index in [2.05, 4.69) is 10.6 Å². The quantitative estimate of drug-likeness (QED) is 0.724. The molecule has 0 aromatic heterocycles. The molecule has 0 amide bonds. The Hall–Kier alpha value is -2.47. The van der Waals surface area contributed by atoms with E-state index in [1.165, 1.54) is 0 Å². The highest BCUT2D eigenvalue weighted by Gasteiger charge is 2.11. The second-order valence-corrected chi connectivity index (χ2v) is 5.80. The van der Waals surface area contributed by atoms with Gasteiger partial charge in [0.25, 0.3) is 0 Å². The molecule has 0 aliphatic carbocycles. The molecule has 6 heteroatoms. The van der Waals surface area contributed by atoms with Gasteiger partial charge >= 0.3 is 0 Å². The Morgan fingerprint density at radius 2 is 1.72 bits per heavy atom. The van der Waals surface area contributed by atoms with Crippen LogP contribution in [-0.4, -0.2) is 25.9 Å². The largest absolute Gasteiger partial charge is 0.494 e. The number of rotatable bonds is 7. The maximum Gasteiger partial charge on any atom is 0.171 e. The number of benzene rings is 2. The lowest BCUT2D eigenvalue weighted by Gasteiger charge is -2.19. The molecular weight excluding hydrogens is 336 g/mol. The standard InChI is InChI=1S/C19H24N2O3S/c1-5-24-16-9-7-15(8-10-16)21-19(25)20-13(2)14-6-11-17(22-3)18(12-14)23-4/h6-13H,5H2,1-4H3,(H2,20,21,25). The molecule has 0 spiro atoms. The first kappa shape index (κ1) is 18.9. The van der Waals surface area contributed by atoms with Crippen molar-refractivity contribution in [2.75, 3.05) is 26.1 Å². The first-order valence-corrected chi connectivity index (χ1v) is 8.50. The van der Waals surface area contributed by atoms with Crippen LogP contribution in [0.1, 0.15) is 25.5 Å². The molecule has 5 nitrogen and oxygen atoms in total. The lowest BCUT2D eigenvalue weighted by molar-refractivity contribution is 0.340. The summed E-state index contributed by atoms with van der Waals surface area (Å²) in [5.41, 5.74) is 1.95. The maximum atomic E-state index is 5.43. The Labute approximate surface area is 154 Å². The van der Waals surface area contributed by atoms with Crippen molar-refractivity contribution in [3.05, 3.63) is 48.0 Å². The monoisotopic (exact) mass is 360 g/mol. The maximum absolute atomic E-state index is 5.43. The summed E-state index contributed by atoms with van der Waals surface area (Å²) in [6, 6.07) is 13.5. The van der Waals surface area contributed by atoms with Crippen molar-refractivity contribution in [2.24, 2.45) is 0 Å². The molecular formula is C19H24N2O3S. The molecule has 0 aliphatic rings. The van der Waals surface area contributed by atoms with Crippen molar-refractivity contribution in [2.45, 2.75) is 19.9 Å². The van der Waals surface area contributed by atoms with Gasteiger partial charge in [0.2, 0.25) is 0 Å². The van der Waals surface area contributed by atoms with Crippen LogP contribution in [0.15, 0.2) is 42.5 Å². The molecule has 0 heterocycles. The third-order valence-corrected chi connectivity index (χ3v) is 3.90. The van der Waals surface area contributed by atoms with Crippen LogP contribution in [0, 0.1) is 0 Å². The number of ether oxygens (including phenoxy) is 3. The van der Waals surface area contributed by atoms with Crippen molar-refractivity contribution in [1.82, 2.24) is 5.32 Å². The Morgan fingerprint density at radius 3 is 2.32 bits per heavy atom. The molecule has 0 saturated carbocycles. The van der Waals surface area contributed by atoms with Crippen molar-refractivity contribution in [3.63, 3.8) is 0 Å². The van der Waals surface area contributed by atoms with Gasteiger partial charge in [-0.3, -0.25) is 0 Å². The van der Waals surface area contributed by atoms with Crippen LogP contribution in [0.25, 0.3) is 0 Å². The highest BCUT2D eigenvalue weighted by Crippen LogP contribution is 2.29. The summed E-state index contributed by atoms with van der Waals surface area (Å²) in [4.78, 5) is 0. The fourth-order valence-corrected chi connectivity index (χ4v) is 2.67. The van der Waals surface area contributed by atoms with Gasteiger partial charge in [0.1, 0.15) is 5.75 Å². The van der Waals surface area contributed by atoms with Gasteiger partial charge in [-0.2, -0.15) is 0 Å². The number of nitrogens with one attached hydrogen (secondary N) is 2. The third kappa shape index (κ3) is 5.26. The Balaban J connectivity index is 1.97. The van der Waals surface area contributed by atoms with Crippen LogP contribution >= 0.6 is 12.2 Å². The van der Waals surface area contributed by atoms with E-state index in [4.69, 9.17) is 26.4 Å². The van der Waals surface area contributed by atoms with E-state index >= 15 is 0 Å². The van der Waals surface area contributed by atoms with Crippen LogP contribution in [0.2, 0.25) is 0 Å². The lowest BCUT2D eigenvalue weighted by Crippen LogP contribution is -2.30. The van der Waals surface area contributed by atoms with Gasteiger partial charge in [0, 0.05) is 5.69 Å². The van der Waals surface area contributed by atoms with Crippen LogP contribution in [-0.2, 0) is 0 Å². The van der Waals surface area contributed by atoms with Gasteiger partial charge in [-0.25, -0.2) is 0 Å². The molecule has 0 radical (unpaired) electrons. The van der Waals surface area contributed by atoms with Gasteiger partial charge in [-0.05, 0) is 68.0 Å². The Kier molecular flexibility index (Phi) is 6.89. The first-order valence-electron chi connectivity index (χ1n) is 8.09. The predicted molar refractivity (Wildman–Crippen MR) is 105 cm³/mol. The summed E-state index contributed by atoms with van der Waals surface area (Å²) in [7, 11) is 3.24. The average Bonchev–Trinajstić information content (AvgIpc) is 2.62. The van der Waals surface area contributed by atoms with E-state index in [1.54, 1.807) is 14.2 Å². The van der Waals surface area contributed by atoms with E-state index in [-0.39, 0.29) is 6.04 Å². The normalized spacial score (nSPS) is 11.4. The summed E-state index contributed by atoms with van der Waals surface area (Å²) in [6.07, 6.45) is 0. The lowest BCUT2D eigenvalue weighted by atomic mass is 10.1. The van der Waals surface area contributed by atoms with Gasteiger partial charge in [0.05, 0.1) is 26.9 Å². The molecule has 1 atom stereocenters. The first-order chi connectivity index (χ1) is 12.1. The molecule has 1 unspecified atom stereocenters. The SMILES string of the molecule is CCOc1ccc(NC(=S)NC(C)c2ccc(OC)c(OC)c2)cc1. The highest BCUT2D eigenvalue weighted by molar-refractivity contribution is 7.80. The summed E-state index contributed by atoms with van der Waals surface area (Å²) in [6.45, 7) is 4.64. The Bertz CT molecular complexity index is 704. The third-order valence-electron chi connectivity index (χ3n) is 3.68. The molecule has 2 aromatic carbocycles. The molecule has 134 valence electrons. The van der Waals surface area contributed by atoms with Crippen LogP contribution < -0.4 is 24.8 Å². The molecule has 25 heavy (non-hydrogen) atoms. The highest BCUT2D eigenvalue weighted by atomic mass is 32.1. The molecule has 0 saturated heterocycles.